The van der Waals surface area contributed by atoms with Crippen molar-refractivity contribution >= 4 is 17.3 Å². The highest BCUT2D eigenvalue weighted by molar-refractivity contribution is 5.93. The van der Waals surface area contributed by atoms with Crippen LogP contribution in [-0.2, 0) is 14.3 Å². The smallest absolute Gasteiger partial charge is 0.343 e. The van der Waals surface area contributed by atoms with Crippen LogP contribution in [0.2, 0.25) is 0 Å². The van der Waals surface area contributed by atoms with Gasteiger partial charge in [-0.25, -0.2) is 4.79 Å². The largest absolute Gasteiger partial charge is 0.494 e. The van der Waals surface area contributed by atoms with Crippen molar-refractivity contribution in [1.29, 1.82) is 0 Å². The van der Waals surface area contributed by atoms with Gasteiger partial charge in [0, 0.05) is 12.3 Å². The van der Waals surface area contributed by atoms with Crippen molar-refractivity contribution in [3.05, 3.63) is 58.5 Å². The number of hydrogen-bond acceptors (Lipinski definition) is 6. The SMILES string of the molecule is C=C(OCC)/C(=C/Nc1ccccc1[N+](=O)[O-])C(=O)OCC. The van der Waals surface area contributed by atoms with Gasteiger partial charge in [0.05, 0.1) is 18.1 Å². The Hall–Kier alpha value is -2.83. The molecule has 1 aromatic carbocycles. The minimum absolute atomic E-state index is 0.0712. The summed E-state index contributed by atoms with van der Waals surface area (Å²) in [5.74, 6) is -0.487. The maximum Gasteiger partial charge on any atom is 0.343 e. The van der Waals surface area contributed by atoms with Crippen LogP contribution in [-0.4, -0.2) is 24.1 Å². The van der Waals surface area contributed by atoms with Crippen molar-refractivity contribution in [2.75, 3.05) is 18.5 Å². The Morgan fingerprint density at radius 3 is 2.55 bits per heavy atom. The molecule has 0 aliphatic carbocycles. The van der Waals surface area contributed by atoms with E-state index < -0.39 is 10.9 Å². The molecule has 0 radical (unpaired) electrons. The van der Waals surface area contributed by atoms with E-state index in [2.05, 4.69) is 11.9 Å². The summed E-state index contributed by atoms with van der Waals surface area (Å²) in [6.45, 7) is 7.61. The number of benzene rings is 1. The maximum absolute atomic E-state index is 11.9. The zero-order valence-electron chi connectivity index (χ0n) is 12.5. The standard InChI is InChI=1S/C15H18N2O5/c1-4-21-11(3)12(15(18)22-5-2)10-16-13-8-6-7-9-14(13)17(19)20/h6-10,16H,3-5H2,1-2H3/b12-10-. The van der Waals surface area contributed by atoms with Gasteiger partial charge in [0.25, 0.3) is 5.69 Å². The van der Waals surface area contributed by atoms with E-state index in [1.165, 1.54) is 18.3 Å². The molecule has 118 valence electrons. The second-order valence-electron chi connectivity index (χ2n) is 4.05. The van der Waals surface area contributed by atoms with E-state index in [9.17, 15) is 14.9 Å². The van der Waals surface area contributed by atoms with Gasteiger partial charge in [-0.3, -0.25) is 10.1 Å². The van der Waals surface area contributed by atoms with Crippen LogP contribution >= 0.6 is 0 Å². The number of anilines is 1. The minimum Gasteiger partial charge on any atom is -0.494 e. The Bertz CT molecular complexity index is 575. The molecular weight excluding hydrogens is 288 g/mol. The molecule has 0 aliphatic rings. The molecule has 0 amide bonds. The molecule has 0 atom stereocenters. The van der Waals surface area contributed by atoms with Crippen LogP contribution in [0.1, 0.15) is 13.8 Å². The first-order valence-electron chi connectivity index (χ1n) is 6.70. The quantitative estimate of drug-likeness (QED) is 0.198. The lowest BCUT2D eigenvalue weighted by Gasteiger charge is -2.11. The molecule has 7 heteroatoms. The summed E-state index contributed by atoms with van der Waals surface area (Å²) < 4.78 is 10.1. The first-order valence-corrected chi connectivity index (χ1v) is 6.70. The summed E-state index contributed by atoms with van der Waals surface area (Å²) >= 11 is 0. The number of esters is 1. The lowest BCUT2D eigenvalue weighted by Crippen LogP contribution is -2.12. The van der Waals surface area contributed by atoms with Gasteiger partial charge < -0.3 is 14.8 Å². The van der Waals surface area contributed by atoms with Crippen molar-refractivity contribution in [2.45, 2.75) is 13.8 Å². The van der Waals surface area contributed by atoms with E-state index in [1.54, 1.807) is 26.0 Å². The Morgan fingerprint density at radius 2 is 1.95 bits per heavy atom. The summed E-state index contributed by atoms with van der Waals surface area (Å²) in [5, 5.41) is 13.7. The highest BCUT2D eigenvalue weighted by Crippen LogP contribution is 2.24. The van der Waals surface area contributed by atoms with Crippen LogP contribution in [0.3, 0.4) is 0 Å². The molecule has 1 N–H and O–H groups in total. The molecule has 0 bridgehead atoms. The topological polar surface area (TPSA) is 90.7 Å². The highest BCUT2D eigenvalue weighted by atomic mass is 16.6. The zero-order chi connectivity index (χ0) is 16.5. The molecule has 22 heavy (non-hydrogen) atoms. The summed E-state index contributed by atoms with van der Waals surface area (Å²) in [5.41, 5.74) is 0.212. The van der Waals surface area contributed by atoms with Gasteiger partial charge in [-0.05, 0) is 19.9 Å². The number of carbonyl (C=O) groups is 1. The second-order valence-corrected chi connectivity index (χ2v) is 4.05. The third-order valence-corrected chi connectivity index (χ3v) is 2.59. The van der Waals surface area contributed by atoms with Gasteiger partial charge in [0.15, 0.2) is 0 Å². The molecule has 1 rings (SSSR count). The van der Waals surface area contributed by atoms with Crippen LogP contribution in [0.5, 0.6) is 0 Å². The number of ether oxygens (including phenoxy) is 2. The number of carbonyl (C=O) groups excluding carboxylic acids is 1. The predicted molar refractivity (Wildman–Crippen MR) is 82.2 cm³/mol. The van der Waals surface area contributed by atoms with Gasteiger partial charge >= 0.3 is 5.97 Å². The molecule has 1 aromatic rings. The van der Waals surface area contributed by atoms with Gasteiger partial charge in [-0.15, -0.1) is 0 Å². The van der Waals surface area contributed by atoms with E-state index in [0.717, 1.165) is 0 Å². The van der Waals surface area contributed by atoms with E-state index in [4.69, 9.17) is 9.47 Å². The summed E-state index contributed by atoms with van der Waals surface area (Å²) in [6, 6.07) is 6.08. The summed E-state index contributed by atoms with van der Waals surface area (Å²) in [4.78, 5) is 22.3. The Morgan fingerprint density at radius 1 is 1.32 bits per heavy atom. The maximum atomic E-state index is 11.9. The molecule has 0 saturated heterocycles. The summed E-state index contributed by atoms with van der Waals surface area (Å²) in [6.07, 6.45) is 1.29. The predicted octanol–water partition coefficient (Wildman–Crippen LogP) is 3.00. The Labute approximate surface area is 128 Å². The van der Waals surface area contributed by atoms with Crippen molar-refractivity contribution < 1.29 is 19.2 Å². The highest BCUT2D eigenvalue weighted by Gasteiger charge is 2.17. The third kappa shape index (κ3) is 4.62. The lowest BCUT2D eigenvalue weighted by atomic mass is 10.2. The third-order valence-electron chi connectivity index (χ3n) is 2.59. The van der Waals surface area contributed by atoms with Crippen molar-refractivity contribution in [2.24, 2.45) is 0 Å². The molecule has 0 aromatic heterocycles. The number of nitrogens with one attached hydrogen (secondary N) is 1. The lowest BCUT2D eigenvalue weighted by molar-refractivity contribution is -0.383. The van der Waals surface area contributed by atoms with Crippen LogP contribution in [0, 0.1) is 10.1 Å². The van der Waals surface area contributed by atoms with E-state index in [1.807, 2.05) is 0 Å². The van der Waals surface area contributed by atoms with E-state index in [0.29, 0.717) is 6.61 Å². The van der Waals surface area contributed by atoms with Crippen molar-refractivity contribution in [3.63, 3.8) is 0 Å². The molecule has 7 nitrogen and oxygen atoms in total. The van der Waals surface area contributed by atoms with Gasteiger partial charge in [-0.2, -0.15) is 0 Å². The number of rotatable bonds is 8. The minimum atomic E-state index is -0.618. The van der Waals surface area contributed by atoms with Crippen molar-refractivity contribution in [3.8, 4) is 0 Å². The fourth-order valence-electron chi connectivity index (χ4n) is 1.62. The van der Waals surface area contributed by atoms with Gasteiger partial charge in [0.2, 0.25) is 0 Å². The monoisotopic (exact) mass is 306 g/mol. The Balaban J connectivity index is 3.05. The molecule has 0 saturated carbocycles. The number of nitrogens with zero attached hydrogens (tertiary/aromatic N) is 1. The van der Waals surface area contributed by atoms with E-state index >= 15 is 0 Å². The first kappa shape index (κ1) is 17.2. The molecule has 0 unspecified atom stereocenters. The summed E-state index contributed by atoms with van der Waals surface area (Å²) in [7, 11) is 0. The number of nitro groups is 1. The fraction of sp³-hybridized carbons (Fsp3) is 0.267. The Kier molecular flexibility index (Phi) is 6.62. The van der Waals surface area contributed by atoms with Crippen molar-refractivity contribution in [1.82, 2.24) is 0 Å². The van der Waals surface area contributed by atoms with Crippen LogP contribution in [0.4, 0.5) is 11.4 Å². The molecule has 0 fully saturated rings. The van der Waals surface area contributed by atoms with Crippen LogP contribution in [0.25, 0.3) is 0 Å². The fourth-order valence-corrected chi connectivity index (χ4v) is 1.62. The second kappa shape index (κ2) is 8.46. The average Bonchev–Trinajstić information content (AvgIpc) is 2.48. The first-order chi connectivity index (χ1) is 10.5. The zero-order valence-corrected chi connectivity index (χ0v) is 12.5. The molecule has 0 heterocycles. The number of nitro benzene ring substituents is 1. The number of hydrogen-bond donors (Lipinski definition) is 1. The van der Waals surface area contributed by atoms with E-state index in [-0.39, 0.29) is 29.3 Å². The van der Waals surface area contributed by atoms with Crippen LogP contribution < -0.4 is 5.32 Å². The van der Waals surface area contributed by atoms with Gasteiger partial charge in [-0.1, -0.05) is 18.7 Å². The van der Waals surface area contributed by atoms with Gasteiger partial charge in [0.1, 0.15) is 17.0 Å². The molecule has 0 spiro atoms. The molecule has 0 aliphatic heterocycles. The van der Waals surface area contributed by atoms with Crippen LogP contribution in [0.15, 0.2) is 48.4 Å². The average molecular weight is 306 g/mol. The number of para-hydroxylation sites is 2. The molecular formula is C15H18N2O5. The normalized spacial score (nSPS) is 10.7.